The van der Waals surface area contributed by atoms with Crippen LogP contribution in [-0.2, 0) is 4.74 Å². The molecule has 0 aliphatic carbocycles. The van der Waals surface area contributed by atoms with Crippen LogP contribution in [0.3, 0.4) is 0 Å². The van der Waals surface area contributed by atoms with Crippen molar-refractivity contribution in [3.05, 3.63) is 28.5 Å². The molecule has 1 amide bonds. The van der Waals surface area contributed by atoms with Gasteiger partial charge in [0.1, 0.15) is 4.60 Å². The van der Waals surface area contributed by atoms with Crippen molar-refractivity contribution in [2.45, 2.75) is 38.3 Å². The zero-order valence-electron chi connectivity index (χ0n) is 10.6. The van der Waals surface area contributed by atoms with Crippen LogP contribution >= 0.6 is 15.9 Å². The van der Waals surface area contributed by atoms with Crippen LogP contribution in [0, 0.1) is 0 Å². The quantitative estimate of drug-likeness (QED) is 0.854. The predicted molar refractivity (Wildman–Crippen MR) is 72.5 cm³/mol. The van der Waals surface area contributed by atoms with Gasteiger partial charge in [0.15, 0.2) is 0 Å². The summed E-state index contributed by atoms with van der Waals surface area (Å²) in [5, 5.41) is 3.04. The maximum absolute atomic E-state index is 12.1. The summed E-state index contributed by atoms with van der Waals surface area (Å²) in [7, 11) is 0. The minimum absolute atomic E-state index is 0.0855. The molecule has 0 radical (unpaired) electrons. The van der Waals surface area contributed by atoms with E-state index in [2.05, 4.69) is 26.2 Å². The molecule has 4 nitrogen and oxygen atoms in total. The summed E-state index contributed by atoms with van der Waals surface area (Å²) in [4.78, 5) is 16.2. The van der Waals surface area contributed by atoms with Crippen LogP contribution in [-0.4, -0.2) is 29.1 Å². The number of carbonyl (C=O) groups excluding carboxylic acids is 1. The number of pyridine rings is 1. The van der Waals surface area contributed by atoms with Crippen LogP contribution in [0.5, 0.6) is 0 Å². The van der Waals surface area contributed by atoms with Crippen molar-refractivity contribution in [1.82, 2.24) is 10.3 Å². The Bertz CT molecular complexity index is 448. The van der Waals surface area contributed by atoms with Gasteiger partial charge in [-0.15, -0.1) is 0 Å². The lowest BCUT2D eigenvalue weighted by Crippen LogP contribution is -2.45. The topological polar surface area (TPSA) is 51.2 Å². The van der Waals surface area contributed by atoms with E-state index in [1.807, 2.05) is 13.8 Å². The Balaban J connectivity index is 2.02. The van der Waals surface area contributed by atoms with Gasteiger partial charge in [-0.05, 0) is 54.8 Å². The van der Waals surface area contributed by atoms with Gasteiger partial charge in [-0.3, -0.25) is 4.79 Å². The number of rotatable bonds is 2. The third-order valence-corrected chi connectivity index (χ3v) is 3.67. The Morgan fingerprint density at radius 1 is 1.61 bits per heavy atom. The van der Waals surface area contributed by atoms with E-state index in [4.69, 9.17) is 4.74 Å². The number of nitrogens with zero attached hydrogens (tertiary/aromatic N) is 1. The third-order valence-electron chi connectivity index (χ3n) is 3.04. The predicted octanol–water partition coefficient (Wildman–Crippen LogP) is 2.53. The van der Waals surface area contributed by atoms with E-state index >= 15 is 0 Å². The largest absolute Gasteiger partial charge is 0.375 e. The summed E-state index contributed by atoms with van der Waals surface area (Å²) < 4.78 is 6.21. The molecule has 98 valence electrons. The maximum atomic E-state index is 12.1. The van der Waals surface area contributed by atoms with Crippen molar-refractivity contribution in [1.29, 1.82) is 0 Å². The molecule has 0 aromatic carbocycles. The molecule has 2 heterocycles. The first kappa shape index (κ1) is 13.5. The lowest BCUT2D eigenvalue weighted by molar-refractivity contribution is -0.0615. The van der Waals surface area contributed by atoms with Crippen LogP contribution in [0.4, 0.5) is 0 Å². The fraction of sp³-hybridized carbons (Fsp3) is 0.538. The summed E-state index contributed by atoms with van der Waals surface area (Å²) in [6, 6.07) is 3.68. The van der Waals surface area contributed by atoms with Crippen molar-refractivity contribution in [2.24, 2.45) is 0 Å². The number of halogens is 1. The molecule has 0 saturated carbocycles. The molecule has 1 aromatic rings. The average molecular weight is 313 g/mol. The second-order valence-electron chi connectivity index (χ2n) is 5.11. The second kappa shape index (κ2) is 5.36. The van der Waals surface area contributed by atoms with E-state index in [0.717, 1.165) is 12.8 Å². The van der Waals surface area contributed by atoms with Crippen LogP contribution in [0.25, 0.3) is 0 Å². The average Bonchev–Trinajstić information content (AvgIpc) is 2.28. The lowest BCUT2D eigenvalue weighted by atomic mass is 9.94. The first-order valence-electron chi connectivity index (χ1n) is 6.03. The first-order valence-corrected chi connectivity index (χ1v) is 6.82. The number of hydrogen-bond donors (Lipinski definition) is 1. The van der Waals surface area contributed by atoms with Gasteiger partial charge < -0.3 is 10.1 Å². The Labute approximate surface area is 115 Å². The first-order chi connectivity index (χ1) is 8.48. The Morgan fingerprint density at radius 3 is 3.06 bits per heavy atom. The highest BCUT2D eigenvalue weighted by molar-refractivity contribution is 9.10. The molecular weight excluding hydrogens is 296 g/mol. The summed E-state index contributed by atoms with van der Waals surface area (Å²) in [5.41, 5.74) is 0.407. The zero-order valence-corrected chi connectivity index (χ0v) is 12.2. The number of amides is 1. The van der Waals surface area contributed by atoms with E-state index in [1.165, 1.54) is 0 Å². The molecule has 1 fully saturated rings. The van der Waals surface area contributed by atoms with Gasteiger partial charge in [-0.1, -0.05) is 0 Å². The van der Waals surface area contributed by atoms with Crippen molar-refractivity contribution in [3.8, 4) is 0 Å². The Kier molecular flexibility index (Phi) is 4.02. The monoisotopic (exact) mass is 312 g/mol. The number of carbonyl (C=O) groups is 1. The molecule has 1 aliphatic heterocycles. The molecule has 1 unspecified atom stereocenters. The Morgan fingerprint density at radius 2 is 2.39 bits per heavy atom. The smallest absolute Gasteiger partial charge is 0.254 e. The van der Waals surface area contributed by atoms with Gasteiger partial charge in [0.2, 0.25) is 0 Å². The van der Waals surface area contributed by atoms with Crippen LogP contribution in [0.2, 0.25) is 0 Å². The van der Waals surface area contributed by atoms with Crippen molar-refractivity contribution in [3.63, 3.8) is 0 Å². The fourth-order valence-electron chi connectivity index (χ4n) is 2.17. The normalized spacial score (nSPS) is 22.5. The summed E-state index contributed by atoms with van der Waals surface area (Å²) >= 11 is 3.29. The zero-order chi connectivity index (χ0) is 13.2. The van der Waals surface area contributed by atoms with Gasteiger partial charge in [0.05, 0.1) is 11.2 Å². The van der Waals surface area contributed by atoms with E-state index in [-0.39, 0.29) is 17.6 Å². The highest BCUT2D eigenvalue weighted by atomic mass is 79.9. The molecule has 0 bridgehead atoms. The van der Waals surface area contributed by atoms with Crippen LogP contribution in [0.15, 0.2) is 22.9 Å². The fourth-order valence-corrected chi connectivity index (χ4v) is 2.60. The molecule has 1 aromatic heterocycles. The van der Waals surface area contributed by atoms with Crippen LogP contribution < -0.4 is 5.32 Å². The number of nitrogens with one attached hydrogen (secondary N) is 1. The van der Waals surface area contributed by atoms with E-state index in [9.17, 15) is 4.79 Å². The summed E-state index contributed by atoms with van der Waals surface area (Å²) in [6.07, 6.45) is 3.34. The van der Waals surface area contributed by atoms with Gasteiger partial charge >= 0.3 is 0 Å². The standard InChI is InChI=1S/C13H17BrN2O2/c1-13(2)8-9(5-7-18-13)16-12(17)10-4-3-6-15-11(10)14/h3-4,6,9H,5,7-8H2,1-2H3,(H,16,17). The number of hydrogen-bond acceptors (Lipinski definition) is 3. The molecule has 1 saturated heterocycles. The SMILES string of the molecule is CC1(C)CC(NC(=O)c2cccnc2Br)CCO1. The highest BCUT2D eigenvalue weighted by Gasteiger charge is 2.30. The minimum Gasteiger partial charge on any atom is -0.375 e. The lowest BCUT2D eigenvalue weighted by Gasteiger charge is -2.35. The van der Waals surface area contributed by atoms with Gasteiger partial charge in [-0.25, -0.2) is 4.98 Å². The molecule has 18 heavy (non-hydrogen) atoms. The second-order valence-corrected chi connectivity index (χ2v) is 5.86. The number of ether oxygens (including phenoxy) is 1. The maximum Gasteiger partial charge on any atom is 0.254 e. The summed E-state index contributed by atoms with van der Waals surface area (Å²) in [5.74, 6) is -0.0855. The van der Waals surface area contributed by atoms with Gasteiger partial charge in [0.25, 0.3) is 5.91 Å². The van der Waals surface area contributed by atoms with E-state index in [0.29, 0.717) is 16.8 Å². The van der Waals surface area contributed by atoms with Crippen LogP contribution in [0.1, 0.15) is 37.0 Å². The summed E-state index contributed by atoms with van der Waals surface area (Å²) in [6.45, 7) is 4.78. The molecule has 1 atom stereocenters. The molecule has 1 aliphatic rings. The van der Waals surface area contributed by atoms with Crippen molar-refractivity contribution in [2.75, 3.05) is 6.61 Å². The minimum atomic E-state index is -0.164. The highest BCUT2D eigenvalue weighted by Crippen LogP contribution is 2.24. The molecule has 0 spiro atoms. The van der Waals surface area contributed by atoms with Crippen molar-refractivity contribution < 1.29 is 9.53 Å². The molecule has 1 N–H and O–H groups in total. The molecule has 2 rings (SSSR count). The van der Waals surface area contributed by atoms with E-state index < -0.39 is 0 Å². The molecule has 5 heteroatoms. The van der Waals surface area contributed by atoms with E-state index in [1.54, 1.807) is 18.3 Å². The molecular formula is C13H17BrN2O2. The van der Waals surface area contributed by atoms with Crippen molar-refractivity contribution >= 4 is 21.8 Å². The van der Waals surface area contributed by atoms with Gasteiger partial charge in [0, 0.05) is 18.8 Å². The Hall–Kier alpha value is -0.940. The third kappa shape index (κ3) is 3.29. The van der Waals surface area contributed by atoms with Gasteiger partial charge in [-0.2, -0.15) is 0 Å². The number of aromatic nitrogens is 1.